The molecule has 0 radical (unpaired) electrons. The van der Waals surface area contributed by atoms with E-state index in [1.165, 1.54) is 16.9 Å². The van der Waals surface area contributed by atoms with Crippen molar-refractivity contribution < 1.29 is 14.3 Å². The van der Waals surface area contributed by atoms with Gasteiger partial charge < -0.3 is 23.7 Å². The summed E-state index contributed by atoms with van der Waals surface area (Å²) >= 11 is 7.13. The van der Waals surface area contributed by atoms with Crippen LogP contribution in [0.4, 0.5) is 4.79 Å². The van der Waals surface area contributed by atoms with E-state index in [0.717, 1.165) is 104 Å². The number of nitrogens with zero attached hydrogens (tertiary/aromatic N) is 6. The molecule has 4 heterocycles. The first-order valence-electron chi connectivity index (χ1n) is 19.7. The molecule has 2 aliphatic rings. The van der Waals surface area contributed by atoms with Crippen LogP contribution in [0.2, 0.25) is 0 Å². The fourth-order valence-corrected chi connectivity index (χ4v) is 8.20. The third kappa shape index (κ3) is 11.8. The van der Waals surface area contributed by atoms with Gasteiger partial charge in [0.25, 0.3) is 0 Å². The lowest BCUT2D eigenvalue weighted by Crippen LogP contribution is -2.42. The van der Waals surface area contributed by atoms with Crippen molar-refractivity contribution in [3.8, 4) is 0 Å². The first-order chi connectivity index (χ1) is 25.1. The van der Waals surface area contributed by atoms with E-state index in [9.17, 15) is 9.59 Å². The number of hydrogen-bond donors (Lipinski definition) is 0. The number of ether oxygens (including phenoxy) is 1. The molecule has 0 spiro atoms. The SMILES string of the molecule is CC(=O)N1CCC(Cn2c(CC(C)(C)C)nc3cc(Br)ccc32)CC1.CC(C)(C)Cc1nc2cc(Br)ccc2n1CC1CCN(C(=O)OC(C)(C)C)CC1. The molecule has 2 aliphatic heterocycles. The summed E-state index contributed by atoms with van der Waals surface area (Å²) in [6.45, 7) is 26.2. The summed E-state index contributed by atoms with van der Waals surface area (Å²) in [5.41, 5.74) is 4.46. The van der Waals surface area contributed by atoms with Gasteiger partial charge in [-0.15, -0.1) is 0 Å². The zero-order valence-corrected chi connectivity index (χ0v) is 37.4. The number of aromatic nitrogens is 4. The average Bonchev–Trinajstić information content (AvgIpc) is 3.54. The van der Waals surface area contributed by atoms with E-state index >= 15 is 0 Å². The van der Waals surface area contributed by atoms with Crippen molar-refractivity contribution in [1.29, 1.82) is 0 Å². The smallest absolute Gasteiger partial charge is 0.410 e. The Hall–Kier alpha value is -2.92. The number of likely N-dealkylation sites (tertiary alicyclic amines) is 2. The van der Waals surface area contributed by atoms with Gasteiger partial charge in [0, 0.05) is 68.0 Å². The van der Waals surface area contributed by atoms with Gasteiger partial charge in [0.2, 0.25) is 5.91 Å². The van der Waals surface area contributed by atoms with Crippen LogP contribution >= 0.6 is 31.9 Å². The van der Waals surface area contributed by atoms with Gasteiger partial charge in [0.05, 0.1) is 22.1 Å². The van der Waals surface area contributed by atoms with Gasteiger partial charge >= 0.3 is 6.09 Å². The molecule has 2 saturated heterocycles. The summed E-state index contributed by atoms with van der Waals surface area (Å²) in [5, 5.41) is 0. The van der Waals surface area contributed by atoms with Crippen LogP contribution in [0.25, 0.3) is 22.1 Å². The van der Waals surface area contributed by atoms with Crippen molar-refractivity contribution in [2.45, 2.75) is 126 Å². The Kier molecular flexibility index (Phi) is 13.3. The quantitative estimate of drug-likeness (QED) is 0.193. The van der Waals surface area contributed by atoms with E-state index < -0.39 is 5.60 Å². The molecule has 54 heavy (non-hydrogen) atoms. The highest BCUT2D eigenvalue weighted by Gasteiger charge is 2.29. The fraction of sp³-hybridized carbons (Fsp3) is 0.628. The Labute approximate surface area is 339 Å². The van der Waals surface area contributed by atoms with Crippen LogP contribution in [0.5, 0.6) is 0 Å². The maximum absolute atomic E-state index is 12.3. The predicted octanol–water partition coefficient (Wildman–Crippen LogP) is 10.7. The van der Waals surface area contributed by atoms with Crippen molar-refractivity contribution in [3.05, 3.63) is 57.0 Å². The number of rotatable bonds is 6. The van der Waals surface area contributed by atoms with Crippen LogP contribution in [-0.4, -0.2) is 72.7 Å². The Balaban J connectivity index is 0.000000210. The zero-order valence-electron chi connectivity index (χ0n) is 34.3. The molecule has 2 fully saturated rings. The molecule has 0 aliphatic carbocycles. The number of carbonyl (C=O) groups excluding carboxylic acids is 2. The number of amides is 2. The number of piperidine rings is 2. The number of imidazole rings is 2. The van der Waals surface area contributed by atoms with E-state index in [4.69, 9.17) is 14.7 Å². The minimum absolute atomic E-state index is 0.177. The zero-order chi connectivity index (χ0) is 39.6. The van der Waals surface area contributed by atoms with E-state index in [2.05, 4.69) is 119 Å². The van der Waals surface area contributed by atoms with Gasteiger partial charge in [-0.1, -0.05) is 73.4 Å². The third-order valence-corrected chi connectivity index (χ3v) is 11.1. The first kappa shape index (κ1) is 42.2. The van der Waals surface area contributed by atoms with Gasteiger partial charge in [0.1, 0.15) is 17.2 Å². The molecule has 9 nitrogen and oxygen atoms in total. The third-order valence-electron chi connectivity index (χ3n) is 10.2. The van der Waals surface area contributed by atoms with Crippen LogP contribution < -0.4 is 0 Å². The molecule has 2 aromatic heterocycles. The minimum atomic E-state index is -0.445. The van der Waals surface area contributed by atoms with Crippen molar-refractivity contribution in [1.82, 2.24) is 28.9 Å². The molecule has 296 valence electrons. The number of halogens is 2. The van der Waals surface area contributed by atoms with E-state index in [1.807, 2.05) is 30.6 Å². The summed E-state index contributed by atoms with van der Waals surface area (Å²) < 4.78 is 12.5. The minimum Gasteiger partial charge on any atom is -0.444 e. The molecule has 0 unspecified atom stereocenters. The highest BCUT2D eigenvalue weighted by Crippen LogP contribution is 2.31. The largest absolute Gasteiger partial charge is 0.444 e. The van der Waals surface area contributed by atoms with Crippen LogP contribution in [0.3, 0.4) is 0 Å². The Bertz CT molecular complexity index is 1910. The topological polar surface area (TPSA) is 85.5 Å². The van der Waals surface area contributed by atoms with Crippen LogP contribution in [0.1, 0.15) is 107 Å². The normalized spacial score (nSPS) is 16.5. The molecule has 11 heteroatoms. The summed E-state index contributed by atoms with van der Waals surface area (Å²) in [5.74, 6) is 3.67. The second kappa shape index (κ2) is 17.1. The molecule has 0 N–H and O–H groups in total. The van der Waals surface area contributed by atoms with Crippen LogP contribution in [0.15, 0.2) is 45.3 Å². The van der Waals surface area contributed by atoms with Crippen molar-refractivity contribution in [3.63, 3.8) is 0 Å². The molecule has 6 rings (SSSR count). The standard InChI is InChI=1S/C23H34BrN3O2.C20H28BrN3O/c1-22(2,3)14-20-25-18-13-17(24)7-8-19(18)27(20)15-16-9-11-26(12-10-16)21(28)29-23(4,5)6;1-14(25)23-9-7-15(8-10-23)13-24-18-6-5-16(21)11-17(18)22-19(24)12-20(2,3)4/h7-8,13,16H,9-12,14-15H2,1-6H3;5-6,11,15H,7-10,12-13H2,1-4H3. The summed E-state index contributed by atoms with van der Waals surface area (Å²) in [6.07, 6.45) is 5.84. The van der Waals surface area contributed by atoms with Gasteiger partial charge in [0.15, 0.2) is 0 Å². The van der Waals surface area contributed by atoms with Gasteiger partial charge in [-0.05, 0) is 106 Å². The molecular weight excluding hydrogens is 808 g/mol. The highest BCUT2D eigenvalue weighted by atomic mass is 79.9. The second-order valence-corrected chi connectivity index (χ2v) is 20.7. The molecule has 0 saturated carbocycles. The summed E-state index contributed by atoms with van der Waals surface area (Å²) in [4.78, 5) is 37.6. The van der Waals surface area contributed by atoms with Crippen molar-refractivity contribution in [2.75, 3.05) is 26.2 Å². The maximum atomic E-state index is 12.3. The lowest BCUT2D eigenvalue weighted by molar-refractivity contribution is -0.130. The van der Waals surface area contributed by atoms with Crippen LogP contribution in [0, 0.1) is 22.7 Å². The number of hydrogen-bond acceptors (Lipinski definition) is 5. The summed E-state index contributed by atoms with van der Waals surface area (Å²) in [6, 6.07) is 12.7. The van der Waals surface area contributed by atoms with E-state index in [1.54, 1.807) is 6.92 Å². The lowest BCUT2D eigenvalue weighted by atomic mass is 9.91. The fourth-order valence-electron chi connectivity index (χ4n) is 7.50. The number of benzene rings is 2. The van der Waals surface area contributed by atoms with Gasteiger partial charge in [-0.3, -0.25) is 4.79 Å². The lowest BCUT2D eigenvalue weighted by Gasteiger charge is -2.34. The first-order valence-corrected chi connectivity index (χ1v) is 21.3. The van der Waals surface area contributed by atoms with E-state index in [-0.39, 0.29) is 22.8 Å². The summed E-state index contributed by atoms with van der Waals surface area (Å²) in [7, 11) is 0. The second-order valence-electron chi connectivity index (χ2n) is 18.9. The average molecular weight is 871 g/mol. The Morgan fingerprint density at radius 3 is 1.41 bits per heavy atom. The molecule has 0 bridgehead atoms. The van der Waals surface area contributed by atoms with Gasteiger partial charge in [-0.25, -0.2) is 14.8 Å². The van der Waals surface area contributed by atoms with Gasteiger partial charge in [-0.2, -0.15) is 0 Å². The molecular formula is C43H62Br2N6O3. The highest BCUT2D eigenvalue weighted by molar-refractivity contribution is 9.10. The van der Waals surface area contributed by atoms with E-state index in [0.29, 0.717) is 11.8 Å². The molecule has 2 amide bonds. The number of carbonyl (C=O) groups is 2. The predicted molar refractivity (Wildman–Crippen MR) is 227 cm³/mol. The van der Waals surface area contributed by atoms with Crippen LogP contribution in [-0.2, 0) is 35.5 Å². The van der Waals surface area contributed by atoms with Crippen molar-refractivity contribution in [2.24, 2.45) is 22.7 Å². The molecule has 4 aromatic rings. The van der Waals surface area contributed by atoms with Crippen molar-refractivity contribution >= 4 is 65.9 Å². The molecule has 0 atom stereocenters. The monoisotopic (exact) mass is 868 g/mol. The number of fused-ring (bicyclic) bond motifs is 2. The maximum Gasteiger partial charge on any atom is 0.410 e. The Morgan fingerprint density at radius 2 is 1.06 bits per heavy atom. The molecule has 2 aromatic carbocycles. The Morgan fingerprint density at radius 1 is 0.667 bits per heavy atom.